The zero-order valence-corrected chi connectivity index (χ0v) is 12.9. The second kappa shape index (κ2) is 8.49. The summed E-state index contributed by atoms with van der Waals surface area (Å²) in [5, 5.41) is 0.295. The van der Waals surface area contributed by atoms with Crippen molar-refractivity contribution < 1.29 is 19.1 Å². The van der Waals surface area contributed by atoms with Crippen LogP contribution in [0.3, 0.4) is 0 Å². The van der Waals surface area contributed by atoms with Gasteiger partial charge in [-0.2, -0.15) is 0 Å². The molecule has 2 N–H and O–H groups in total. The molecule has 1 amide bonds. The van der Waals surface area contributed by atoms with Crippen LogP contribution in [0, 0.1) is 0 Å². The van der Waals surface area contributed by atoms with Gasteiger partial charge in [-0.25, -0.2) is 0 Å². The maximum atomic E-state index is 12.5. The molecule has 0 saturated heterocycles. The molecule has 21 heavy (non-hydrogen) atoms. The van der Waals surface area contributed by atoms with E-state index < -0.39 is 5.97 Å². The highest BCUT2D eigenvalue weighted by molar-refractivity contribution is 6.33. The summed E-state index contributed by atoms with van der Waals surface area (Å²) in [5.74, 6) is -0.873. The zero-order valence-electron chi connectivity index (χ0n) is 12.1. The van der Waals surface area contributed by atoms with Crippen LogP contribution in [0.4, 0.5) is 5.69 Å². The van der Waals surface area contributed by atoms with E-state index in [0.717, 1.165) is 0 Å². The van der Waals surface area contributed by atoms with E-state index in [1.807, 2.05) is 0 Å². The molecule has 7 heteroatoms. The SMILES string of the molecule is CCOC(=O)CN(CCOC)C(=O)c1cccc(Cl)c1N. The summed E-state index contributed by atoms with van der Waals surface area (Å²) in [5.41, 5.74) is 6.26. The molecule has 0 fully saturated rings. The topological polar surface area (TPSA) is 81.9 Å². The van der Waals surface area contributed by atoms with Crippen LogP contribution in [0.1, 0.15) is 17.3 Å². The number of benzene rings is 1. The predicted molar refractivity (Wildman–Crippen MR) is 80.3 cm³/mol. The smallest absolute Gasteiger partial charge is 0.325 e. The maximum absolute atomic E-state index is 12.5. The fraction of sp³-hybridized carbons (Fsp3) is 0.429. The number of carbonyl (C=O) groups excluding carboxylic acids is 2. The van der Waals surface area contributed by atoms with Gasteiger partial charge >= 0.3 is 5.97 Å². The lowest BCUT2D eigenvalue weighted by Gasteiger charge is -2.22. The minimum Gasteiger partial charge on any atom is -0.465 e. The molecule has 1 aromatic rings. The highest BCUT2D eigenvalue weighted by atomic mass is 35.5. The molecule has 0 atom stereocenters. The number of methoxy groups -OCH3 is 1. The first-order valence-electron chi connectivity index (χ1n) is 6.49. The van der Waals surface area contributed by atoms with Crippen LogP contribution < -0.4 is 5.73 Å². The molecule has 116 valence electrons. The first kappa shape index (κ1) is 17.3. The molecule has 0 unspecified atom stereocenters. The van der Waals surface area contributed by atoms with E-state index in [1.165, 1.54) is 12.0 Å². The monoisotopic (exact) mass is 314 g/mol. The number of para-hydroxylation sites is 1. The number of nitrogens with zero attached hydrogens (tertiary/aromatic N) is 1. The van der Waals surface area contributed by atoms with Crippen molar-refractivity contribution in [3.8, 4) is 0 Å². The van der Waals surface area contributed by atoms with Crippen molar-refractivity contribution in [3.05, 3.63) is 28.8 Å². The van der Waals surface area contributed by atoms with Crippen LogP contribution in [0.2, 0.25) is 5.02 Å². The van der Waals surface area contributed by atoms with Gasteiger partial charge in [0.1, 0.15) is 6.54 Å². The number of anilines is 1. The molecule has 6 nitrogen and oxygen atoms in total. The summed E-state index contributed by atoms with van der Waals surface area (Å²) in [6, 6.07) is 4.79. The van der Waals surface area contributed by atoms with Crippen molar-refractivity contribution >= 4 is 29.2 Å². The number of nitrogens with two attached hydrogens (primary N) is 1. The van der Waals surface area contributed by atoms with Gasteiger partial charge in [0.2, 0.25) is 0 Å². The lowest BCUT2D eigenvalue weighted by molar-refractivity contribution is -0.143. The van der Waals surface area contributed by atoms with Gasteiger partial charge in [0.15, 0.2) is 0 Å². The van der Waals surface area contributed by atoms with E-state index in [2.05, 4.69) is 0 Å². The van der Waals surface area contributed by atoms with Crippen LogP contribution in [0.5, 0.6) is 0 Å². The van der Waals surface area contributed by atoms with E-state index in [-0.39, 0.29) is 36.9 Å². The second-order valence-electron chi connectivity index (χ2n) is 4.23. The molecular formula is C14H19ClN2O4. The molecule has 0 aliphatic heterocycles. The third-order valence-corrected chi connectivity index (χ3v) is 3.09. The summed E-state index contributed by atoms with van der Waals surface area (Å²) >= 11 is 5.91. The largest absolute Gasteiger partial charge is 0.465 e. The Balaban J connectivity index is 2.93. The van der Waals surface area contributed by atoms with E-state index in [9.17, 15) is 9.59 Å². The van der Waals surface area contributed by atoms with Crippen LogP contribution in [0.25, 0.3) is 0 Å². The van der Waals surface area contributed by atoms with Crippen molar-refractivity contribution in [2.24, 2.45) is 0 Å². The molecule has 0 aromatic heterocycles. The average Bonchev–Trinajstić information content (AvgIpc) is 2.46. The van der Waals surface area contributed by atoms with Gasteiger partial charge in [0.25, 0.3) is 5.91 Å². The minimum atomic E-state index is -0.484. The van der Waals surface area contributed by atoms with Gasteiger partial charge in [0, 0.05) is 13.7 Å². The first-order valence-corrected chi connectivity index (χ1v) is 6.86. The summed E-state index contributed by atoms with van der Waals surface area (Å²) in [4.78, 5) is 25.4. The number of nitrogen functional groups attached to an aromatic ring is 1. The zero-order chi connectivity index (χ0) is 15.8. The van der Waals surface area contributed by atoms with Crippen LogP contribution in [-0.2, 0) is 14.3 Å². The first-order chi connectivity index (χ1) is 10.0. The van der Waals surface area contributed by atoms with Crippen molar-refractivity contribution in [2.75, 3.05) is 39.1 Å². The van der Waals surface area contributed by atoms with E-state index in [0.29, 0.717) is 11.6 Å². The number of rotatable bonds is 7. The molecular weight excluding hydrogens is 296 g/mol. The Bertz CT molecular complexity index is 508. The Morgan fingerprint density at radius 2 is 2.10 bits per heavy atom. The summed E-state index contributed by atoms with van der Waals surface area (Å²) in [6.45, 7) is 2.34. The van der Waals surface area contributed by atoms with Gasteiger partial charge < -0.3 is 20.1 Å². The number of hydrogen-bond donors (Lipinski definition) is 1. The van der Waals surface area contributed by atoms with Gasteiger partial charge in [0.05, 0.1) is 29.5 Å². The Hall–Kier alpha value is -1.79. The fourth-order valence-electron chi connectivity index (χ4n) is 1.71. The lowest BCUT2D eigenvalue weighted by Crippen LogP contribution is -2.39. The molecule has 0 saturated carbocycles. The predicted octanol–water partition coefficient (Wildman–Crippen LogP) is 1.57. The number of amides is 1. The normalized spacial score (nSPS) is 10.2. The fourth-order valence-corrected chi connectivity index (χ4v) is 1.88. The highest BCUT2D eigenvalue weighted by Crippen LogP contribution is 2.23. The number of hydrogen-bond acceptors (Lipinski definition) is 5. The lowest BCUT2D eigenvalue weighted by atomic mass is 10.1. The van der Waals surface area contributed by atoms with E-state index in [1.54, 1.807) is 25.1 Å². The van der Waals surface area contributed by atoms with Crippen LogP contribution >= 0.6 is 11.6 Å². The summed E-state index contributed by atoms with van der Waals surface area (Å²) in [6.07, 6.45) is 0. The number of halogens is 1. The van der Waals surface area contributed by atoms with Crippen LogP contribution in [0.15, 0.2) is 18.2 Å². The third kappa shape index (κ3) is 4.91. The van der Waals surface area contributed by atoms with Gasteiger partial charge in [-0.3, -0.25) is 9.59 Å². The molecule has 0 radical (unpaired) electrons. The van der Waals surface area contributed by atoms with Gasteiger partial charge in [-0.1, -0.05) is 17.7 Å². The number of carbonyl (C=O) groups is 2. The Labute approximate surface area is 128 Å². The molecule has 1 rings (SSSR count). The molecule has 0 aliphatic rings. The average molecular weight is 315 g/mol. The van der Waals surface area contributed by atoms with Crippen molar-refractivity contribution in [1.82, 2.24) is 4.90 Å². The standard InChI is InChI=1S/C14H19ClN2O4/c1-3-21-12(18)9-17(7-8-20-2)14(19)10-5-4-6-11(15)13(10)16/h4-6H,3,7-9,16H2,1-2H3. The van der Waals surface area contributed by atoms with Crippen molar-refractivity contribution in [3.63, 3.8) is 0 Å². The van der Waals surface area contributed by atoms with E-state index in [4.69, 9.17) is 26.8 Å². The molecule has 1 aromatic carbocycles. The van der Waals surface area contributed by atoms with Crippen LogP contribution in [-0.4, -0.2) is 50.2 Å². The van der Waals surface area contributed by atoms with E-state index >= 15 is 0 Å². The molecule has 0 aliphatic carbocycles. The van der Waals surface area contributed by atoms with Gasteiger partial charge in [-0.15, -0.1) is 0 Å². The van der Waals surface area contributed by atoms with Gasteiger partial charge in [-0.05, 0) is 19.1 Å². The number of esters is 1. The molecule has 0 heterocycles. The summed E-state index contributed by atoms with van der Waals surface area (Å²) in [7, 11) is 1.51. The molecule has 0 bridgehead atoms. The quantitative estimate of drug-likeness (QED) is 0.610. The Morgan fingerprint density at radius 1 is 1.38 bits per heavy atom. The Morgan fingerprint density at radius 3 is 2.71 bits per heavy atom. The van der Waals surface area contributed by atoms with Crippen molar-refractivity contribution in [2.45, 2.75) is 6.92 Å². The third-order valence-electron chi connectivity index (χ3n) is 2.76. The summed E-state index contributed by atoms with van der Waals surface area (Å²) < 4.78 is 9.81. The number of ether oxygens (including phenoxy) is 2. The minimum absolute atomic E-state index is 0.165. The van der Waals surface area contributed by atoms with Crippen molar-refractivity contribution in [1.29, 1.82) is 0 Å². The highest BCUT2D eigenvalue weighted by Gasteiger charge is 2.21. The maximum Gasteiger partial charge on any atom is 0.325 e. The Kier molecular flexibility index (Phi) is 6.98. The molecule has 0 spiro atoms. The second-order valence-corrected chi connectivity index (χ2v) is 4.63.